The molecule has 0 aliphatic carbocycles. The van der Waals surface area contributed by atoms with Crippen molar-refractivity contribution in [3.63, 3.8) is 0 Å². The Balaban J connectivity index is 1.92. The number of benzene rings is 1. The van der Waals surface area contributed by atoms with Gasteiger partial charge >= 0.3 is 0 Å². The van der Waals surface area contributed by atoms with Crippen LogP contribution in [0.25, 0.3) is 11.0 Å². The molecule has 0 bridgehead atoms. The summed E-state index contributed by atoms with van der Waals surface area (Å²) < 4.78 is 27.7. The molecule has 0 saturated heterocycles. The highest BCUT2D eigenvalue weighted by Gasteiger charge is 2.09. The number of halogens is 2. The number of rotatable bonds is 3. The van der Waals surface area contributed by atoms with Gasteiger partial charge in [-0.15, -0.1) is 5.10 Å². The highest BCUT2D eigenvalue weighted by atomic mass is 19.2. The lowest BCUT2D eigenvalue weighted by atomic mass is 10.3. The topological polar surface area (TPSA) is 85.4 Å². The molecular formula is C11H10F2N6. The molecule has 0 aliphatic rings. The highest BCUT2D eigenvalue weighted by molar-refractivity contribution is 5.75. The average Bonchev–Trinajstić information content (AvgIpc) is 2.97. The quantitative estimate of drug-likeness (QED) is 0.737. The molecule has 0 atom stereocenters. The van der Waals surface area contributed by atoms with Crippen molar-refractivity contribution < 1.29 is 8.78 Å². The van der Waals surface area contributed by atoms with E-state index in [2.05, 4.69) is 20.3 Å². The molecular weight excluding hydrogens is 254 g/mol. The van der Waals surface area contributed by atoms with Crippen molar-refractivity contribution in [3.05, 3.63) is 41.5 Å². The van der Waals surface area contributed by atoms with Crippen molar-refractivity contribution in [1.29, 1.82) is 0 Å². The van der Waals surface area contributed by atoms with Crippen molar-refractivity contribution in [3.8, 4) is 0 Å². The van der Waals surface area contributed by atoms with Crippen molar-refractivity contribution >= 4 is 11.0 Å². The molecule has 0 aliphatic heterocycles. The van der Waals surface area contributed by atoms with Crippen LogP contribution in [0, 0.1) is 11.6 Å². The summed E-state index contributed by atoms with van der Waals surface area (Å²) in [5.74, 6) is -1.29. The van der Waals surface area contributed by atoms with Crippen molar-refractivity contribution in [2.24, 2.45) is 5.73 Å². The zero-order valence-corrected chi connectivity index (χ0v) is 9.77. The number of nitrogens with one attached hydrogen (secondary N) is 1. The molecule has 0 fully saturated rings. The number of H-pyrrole nitrogens is 1. The Morgan fingerprint density at radius 1 is 1.26 bits per heavy atom. The largest absolute Gasteiger partial charge is 0.340 e. The minimum atomic E-state index is -0.920. The maximum Gasteiger partial charge on any atom is 0.161 e. The highest BCUT2D eigenvalue weighted by Crippen LogP contribution is 2.16. The molecule has 0 saturated carbocycles. The first-order valence-electron chi connectivity index (χ1n) is 5.58. The van der Waals surface area contributed by atoms with Gasteiger partial charge in [0.1, 0.15) is 12.4 Å². The summed E-state index contributed by atoms with van der Waals surface area (Å²) in [4.78, 5) is 7.06. The van der Waals surface area contributed by atoms with E-state index in [1.807, 2.05) is 0 Å². The second-order valence-corrected chi connectivity index (χ2v) is 4.08. The lowest BCUT2D eigenvalue weighted by Crippen LogP contribution is -2.02. The van der Waals surface area contributed by atoms with Crippen molar-refractivity contribution in [2.75, 3.05) is 0 Å². The molecule has 0 spiro atoms. The SMILES string of the molecule is NCc1cn(Cc2nc3cc(F)c(F)cc3[nH]2)nn1. The van der Waals surface area contributed by atoms with Crippen LogP contribution in [-0.2, 0) is 13.1 Å². The van der Waals surface area contributed by atoms with Crippen LogP contribution in [0.1, 0.15) is 11.5 Å². The summed E-state index contributed by atoms with van der Waals surface area (Å²) >= 11 is 0. The number of aromatic amines is 1. The normalized spacial score (nSPS) is 11.3. The molecule has 3 rings (SSSR count). The van der Waals surface area contributed by atoms with Gasteiger partial charge in [0.25, 0.3) is 0 Å². The van der Waals surface area contributed by atoms with E-state index in [4.69, 9.17) is 5.73 Å². The van der Waals surface area contributed by atoms with Crippen LogP contribution in [0.5, 0.6) is 0 Å². The molecule has 19 heavy (non-hydrogen) atoms. The van der Waals surface area contributed by atoms with Gasteiger partial charge in [-0.1, -0.05) is 5.21 Å². The van der Waals surface area contributed by atoms with Crippen LogP contribution in [0.4, 0.5) is 8.78 Å². The number of nitrogens with zero attached hydrogens (tertiary/aromatic N) is 4. The molecule has 2 heterocycles. The summed E-state index contributed by atoms with van der Waals surface area (Å²) in [6, 6.07) is 2.13. The maximum atomic E-state index is 13.1. The number of imidazole rings is 1. The van der Waals surface area contributed by atoms with Crippen LogP contribution >= 0.6 is 0 Å². The molecule has 3 N–H and O–H groups in total. The summed E-state index contributed by atoms with van der Waals surface area (Å²) in [7, 11) is 0. The monoisotopic (exact) mass is 264 g/mol. The lowest BCUT2D eigenvalue weighted by Gasteiger charge is -1.94. The Bertz CT molecular complexity index is 693. The third kappa shape index (κ3) is 2.17. The zero-order valence-electron chi connectivity index (χ0n) is 9.77. The van der Waals surface area contributed by atoms with Crippen LogP contribution in [0.2, 0.25) is 0 Å². The Kier molecular flexibility index (Phi) is 2.71. The molecule has 0 amide bonds. The second kappa shape index (κ2) is 4.39. The van der Waals surface area contributed by atoms with Gasteiger partial charge in [-0.2, -0.15) is 0 Å². The van der Waals surface area contributed by atoms with Gasteiger partial charge < -0.3 is 10.7 Å². The van der Waals surface area contributed by atoms with Crippen LogP contribution in [-0.4, -0.2) is 25.0 Å². The second-order valence-electron chi connectivity index (χ2n) is 4.08. The fourth-order valence-corrected chi connectivity index (χ4v) is 1.80. The first kappa shape index (κ1) is 11.7. The summed E-state index contributed by atoms with van der Waals surface area (Å²) in [5, 5.41) is 7.71. The summed E-state index contributed by atoms with van der Waals surface area (Å²) in [6.07, 6.45) is 1.69. The molecule has 8 heteroatoms. The number of nitrogens with two attached hydrogens (primary N) is 1. The third-order valence-electron chi connectivity index (χ3n) is 2.68. The predicted octanol–water partition coefficient (Wildman–Crippen LogP) is 0.940. The molecule has 2 aromatic heterocycles. The first-order chi connectivity index (χ1) is 9.15. The lowest BCUT2D eigenvalue weighted by molar-refractivity contribution is 0.510. The molecule has 98 valence electrons. The van der Waals surface area contributed by atoms with Gasteiger partial charge in [0.05, 0.1) is 22.9 Å². The van der Waals surface area contributed by atoms with E-state index in [9.17, 15) is 8.78 Å². The fourth-order valence-electron chi connectivity index (χ4n) is 1.80. The van der Waals surface area contributed by atoms with Gasteiger partial charge in [0, 0.05) is 18.7 Å². The average molecular weight is 264 g/mol. The van der Waals surface area contributed by atoms with Crippen LogP contribution in [0.3, 0.4) is 0 Å². The molecule has 0 radical (unpaired) electrons. The number of hydrogen-bond acceptors (Lipinski definition) is 4. The van der Waals surface area contributed by atoms with Gasteiger partial charge in [0.15, 0.2) is 11.6 Å². The zero-order chi connectivity index (χ0) is 13.4. The van der Waals surface area contributed by atoms with E-state index in [1.54, 1.807) is 10.9 Å². The van der Waals surface area contributed by atoms with E-state index in [-0.39, 0.29) is 0 Å². The molecule has 0 unspecified atom stereocenters. The smallest absolute Gasteiger partial charge is 0.161 e. The predicted molar refractivity (Wildman–Crippen MR) is 63.0 cm³/mol. The summed E-state index contributed by atoms with van der Waals surface area (Å²) in [5.41, 5.74) is 6.90. The molecule has 3 aromatic rings. The van der Waals surface area contributed by atoms with E-state index in [1.165, 1.54) is 0 Å². The van der Waals surface area contributed by atoms with Gasteiger partial charge in [-0.3, -0.25) is 0 Å². The third-order valence-corrected chi connectivity index (χ3v) is 2.68. The summed E-state index contributed by atoms with van der Waals surface area (Å²) in [6.45, 7) is 0.626. The van der Waals surface area contributed by atoms with Gasteiger partial charge in [0.2, 0.25) is 0 Å². The maximum absolute atomic E-state index is 13.1. The molecule has 6 nitrogen and oxygen atoms in total. The van der Waals surface area contributed by atoms with Crippen LogP contribution in [0.15, 0.2) is 18.3 Å². The van der Waals surface area contributed by atoms with Crippen LogP contribution < -0.4 is 5.73 Å². The van der Waals surface area contributed by atoms with Gasteiger partial charge in [-0.25, -0.2) is 18.4 Å². The van der Waals surface area contributed by atoms with E-state index >= 15 is 0 Å². The Morgan fingerprint density at radius 3 is 2.79 bits per heavy atom. The number of fused-ring (bicyclic) bond motifs is 1. The number of aromatic nitrogens is 5. The number of hydrogen-bond donors (Lipinski definition) is 2. The van der Waals surface area contributed by atoms with E-state index in [0.29, 0.717) is 35.6 Å². The molecule has 1 aromatic carbocycles. The van der Waals surface area contributed by atoms with Crippen molar-refractivity contribution in [2.45, 2.75) is 13.1 Å². The Hall–Kier alpha value is -2.35. The van der Waals surface area contributed by atoms with E-state index < -0.39 is 11.6 Å². The standard InChI is InChI=1S/C11H10F2N6/c12-7-1-9-10(2-8(7)13)16-11(15-9)5-19-4-6(3-14)17-18-19/h1-2,4H,3,5,14H2,(H,15,16). The Labute approximate surface area is 106 Å². The fraction of sp³-hybridized carbons (Fsp3) is 0.182. The van der Waals surface area contributed by atoms with Gasteiger partial charge in [-0.05, 0) is 0 Å². The van der Waals surface area contributed by atoms with E-state index in [0.717, 1.165) is 12.1 Å². The minimum Gasteiger partial charge on any atom is -0.340 e. The Morgan fingerprint density at radius 2 is 2.05 bits per heavy atom. The van der Waals surface area contributed by atoms with Crippen molar-refractivity contribution in [1.82, 2.24) is 25.0 Å². The first-order valence-corrected chi connectivity index (χ1v) is 5.58. The minimum absolute atomic E-state index is 0.302.